The second-order valence-corrected chi connectivity index (χ2v) is 17.2. The van der Waals surface area contributed by atoms with Crippen molar-refractivity contribution in [3.8, 4) is 11.5 Å². The summed E-state index contributed by atoms with van der Waals surface area (Å²) in [5.41, 5.74) is 2.70. The average molecular weight is 805 g/mol. The fourth-order valence-corrected chi connectivity index (χ4v) is 9.57. The van der Waals surface area contributed by atoms with Crippen molar-refractivity contribution < 1.29 is 27.6 Å². The minimum Gasteiger partial charge on any atom is -0.455 e. The van der Waals surface area contributed by atoms with E-state index in [-0.39, 0.29) is 28.8 Å². The summed E-state index contributed by atoms with van der Waals surface area (Å²) in [5.74, 6) is 0.158. The first kappa shape index (κ1) is 39.3. The van der Waals surface area contributed by atoms with Crippen molar-refractivity contribution in [2.24, 2.45) is 5.92 Å². The van der Waals surface area contributed by atoms with Gasteiger partial charge in [0.2, 0.25) is 0 Å². The molecule has 5 aromatic rings. The number of nitrogens with one attached hydrogen (secondary N) is 3. The summed E-state index contributed by atoms with van der Waals surface area (Å²) in [4.78, 5) is 35.0. The number of carbonyl (C=O) groups excluding carboxylic acids is 1. The molecule has 2 aliphatic heterocycles. The Bertz CT molecular complexity index is 2390. The summed E-state index contributed by atoms with van der Waals surface area (Å²) >= 11 is 0. The lowest BCUT2D eigenvalue weighted by Gasteiger charge is -2.37. The van der Waals surface area contributed by atoms with Crippen molar-refractivity contribution in [3.05, 3.63) is 124 Å². The first-order valence-corrected chi connectivity index (χ1v) is 21.6. The highest BCUT2D eigenvalue weighted by Crippen LogP contribution is 2.40. The molecule has 1 atom stereocenters. The van der Waals surface area contributed by atoms with Crippen LogP contribution in [0.25, 0.3) is 17.1 Å². The number of aromatic nitrogens is 2. The van der Waals surface area contributed by atoms with Gasteiger partial charge in [0.1, 0.15) is 22.8 Å². The number of hydrogen-bond acceptors (Lipinski definition) is 10. The van der Waals surface area contributed by atoms with Gasteiger partial charge in [-0.15, -0.1) is 0 Å². The number of ether oxygens (including phenoxy) is 2. The van der Waals surface area contributed by atoms with Gasteiger partial charge in [0.25, 0.3) is 21.6 Å². The van der Waals surface area contributed by atoms with Crippen LogP contribution in [0.4, 0.5) is 11.4 Å². The molecular weight excluding hydrogens is 757 g/mol. The molecule has 0 spiro atoms. The van der Waals surface area contributed by atoms with Crippen LogP contribution in [0, 0.1) is 16.0 Å². The zero-order valence-electron chi connectivity index (χ0n) is 32.2. The van der Waals surface area contributed by atoms with Crippen molar-refractivity contribution in [1.82, 2.24) is 19.6 Å². The van der Waals surface area contributed by atoms with Gasteiger partial charge in [0, 0.05) is 49.5 Å². The number of nitro groups is 1. The van der Waals surface area contributed by atoms with Crippen LogP contribution in [0.15, 0.2) is 102 Å². The second-order valence-electron chi connectivity index (χ2n) is 15.5. The highest BCUT2D eigenvalue weighted by atomic mass is 32.2. The molecule has 4 heterocycles. The maximum absolute atomic E-state index is 13.9. The molecule has 3 aliphatic rings. The molecule has 8 rings (SSSR count). The summed E-state index contributed by atoms with van der Waals surface area (Å²) in [6, 6.07) is 23.9. The molecule has 1 saturated carbocycles. The van der Waals surface area contributed by atoms with Gasteiger partial charge < -0.3 is 19.8 Å². The van der Waals surface area contributed by atoms with Gasteiger partial charge in [-0.3, -0.25) is 19.8 Å². The summed E-state index contributed by atoms with van der Waals surface area (Å²) in [7, 11) is -4.53. The van der Waals surface area contributed by atoms with Gasteiger partial charge in [0.15, 0.2) is 0 Å². The highest BCUT2D eigenvalue weighted by Gasteiger charge is 2.33. The van der Waals surface area contributed by atoms with E-state index >= 15 is 0 Å². The maximum atomic E-state index is 13.9. The largest absolute Gasteiger partial charge is 0.455 e. The van der Waals surface area contributed by atoms with E-state index in [9.17, 15) is 23.3 Å². The van der Waals surface area contributed by atoms with Gasteiger partial charge in [0.05, 0.1) is 21.6 Å². The van der Waals surface area contributed by atoms with Crippen LogP contribution in [0.2, 0.25) is 0 Å². The molecule has 2 aromatic heterocycles. The number of rotatable bonds is 13. The predicted molar refractivity (Wildman–Crippen MR) is 223 cm³/mol. The zero-order valence-corrected chi connectivity index (χ0v) is 33.0. The molecular formula is C44H48N6O7S. The van der Waals surface area contributed by atoms with Crippen LogP contribution in [-0.2, 0) is 14.8 Å². The van der Waals surface area contributed by atoms with E-state index in [1.54, 1.807) is 24.5 Å². The molecule has 0 bridgehead atoms. The molecule has 0 radical (unpaired) electrons. The second kappa shape index (κ2) is 17.5. The number of likely N-dealkylation sites (tertiary alicyclic amines) is 1. The average Bonchev–Trinajstić information content (AvgIpc) is 3.92. The number of fused-ring (bicyclic) bond motifs is 1. The molecule has 3 aromatic carbocycles. The first-order chi connectivity index (χ1) is 28.2. The third-order valence-corrected chi connectivity index (χ3v) is 13.1. The van der Waals surface area contributed by atoms with Gasteiger partial charge in [-0.1, -0.05) is 48.6 Å². The lowest BCUT2D eigenvalue weighted by molar-refractivity contribution is -0.384. The summed E-state index contributed by atoms with van der Waals surface area (Å²) in [6.45, 7) is 2.85. The first-order valence-electron chi connectivity index (χ1n) is 20.1. The quantitative estimate of drug-likeness (QED) is 0.0776. The number of amides is 1. The van der Waals surface area contributed by atoms with Gasteiger partial charge >= 0.3 is 0 Å². The number of aromatic amines is 1. The fraction of sp³-hybridized carbons (Fsp3) is 0.364. The van der Waals surface area contributed by atoms with E-state index in [0.29, 0.717) is 43.2 Å². The third-order valence-electron chi connectivity index (χ3n) is 11.8. The van der Waals surface area contributed by atoms with Crippen LogP contribution in [-0.4, -0.2) is 72.5 Å². The monoisotopic (exact) mass is 804 g/mol. The lowest BCUT2D eigenvalue weighted by Crippen LogP contribution is -2.40. The standard InChI is InChI=1S/C44H48N6O7S/c51-44(48-58(54,55)38-15-17-40(41(27-38)50(52)53)46-28-31-19-23-56-24-20-31)39-16-11-33(26-42(39)57-37-25-34-18-21-45-43(34)47-29-37)32-9-13-36(14-10-32)49-22-4-7-35(49)12-8-30-5-2-1-3-6-30/h1-3,5-6,8,11-12,15-18,21,25-27,29,31-32,35-36,46H,4,7,9-10,13-14,19-20,22-24,28H2,(H,45,47)(H,48,51)/b12-8+. The van der Waals surface area contributed by atoms with E-state index < -0.39 is 31.4 Å². The number of nitro benzene ring substituents is 1. The van der Waals surface area contributed by atoms with Crippen LogP contribution in [0.1, 0.15) is 78.8 Å². The van der Waals surface area contributed by atoms with Crippen LogP contribution < -0.4 is 14.8 Å². The molecule has 1 aliphatic carbocycles. The smallest absolute Gasteiger partial charge is 0.293 e. The minimum absolute atomic E-state index is 0.00420. The number of sulfonamides is 1. The number of benzene rings is 3. The Balaban J connectivity index is 0.993. The molecule has 58 heavy (non-hydrogen) atoms. The number of pyridine rings is 1. The number of hydrogen-bond donors (Lipinski definition) is 3. The Morgan fingerprint density at radius 2 is 1.79 bits per heavy atom. The molecule has 1 unspecified atom stereocenters. The van der Waals surface area contributed by atoms with E-state index in [0.717, 1.165) is 68.5 Å². The Labute approximate surface area is 338 Å². The Hall–Kier alpha value is -5.57. The lowest BCUT2D eigenvalue weighted by atomic mass is 9.80. The SMILES string of the molecule is O=C(NS(=O)(=O)c1ccc(NCC2CCOCC2)c([N+](=O)[O-])c1)c1ccc(C2CCC(N3CCCC3/C=C/c3ccccc3)CC2)cc1Oc1cnc2[nH]ccc2c1. The molecule has 14 heteroatoms. The van der Waals surface area contributed by atoms with Crippen molar-refractivity contribution in [2.45, 2.75) is 74.3 Å². The van der Waals surface area contributed by atoms with Crippen molar-refractivity contribution in [1.29, 1.82) is 0 Å². The Morgan fingerprint density at radius 3 is 2.59 bits per heavy atom. The summed E-state index contributed by atoms with van der Waals surface area (Å²) in [6.07, 6.45) is 15.9. The van der Waals surface area contributed by atoms with Gasteiger partial charge in [-0.05, 0) is 117 Å². The van der Waals surface area contributed by atoms with Crippen LogP contribution in [0.3, 0.4) is 0 Å². The maximum Gasteiger partial charge on any atom is 0.293 e. The van der Waals surface area contributed by atoms with Crippen molar-refractivity contribution in [2.75, 3.05) is 31.6 Å². The third kappa shape index (κ3) is 9.09. The predicted octanol–water partition coefficient (Wildman–Crippen LogP) is 8.42. The van der Waals surface area contributed by atoms with Crippen LogP contribution in [0.5, 0.6) is 11.5 Å². The Morgan fingerprint density at radius 1 is 0.983 bits per heavy atom. The molecule has 1 amide bonds. The van der Waals surface area contributed by atoms with Gasteiger partial charge in [-0.25, -0.2) is 18.1 Å². The number of anilines is 1. The van der Waals surface area contributed by atoms with E-state index in [1.807, 2.05) is 24.3 Å². The van der Waals surface area contributed by atoms with E-state index in [1.165, 1.54) is 24.1 Å². The van der Waals surface area contributed by atoms with E-state index in [4.69, 9.17) is 9.47 Å². The number of H-pyrrole nitrogens is 1. The highest BCUT2D eigenvalue weighted by molar-refractivity contribution is 7.90. The van der Waals surface area contributed by atoms with E-state index in [2.05, 4.69) is 61.3 Å². The fourth-order valence-electron chi connectivity index (χ4n) is 8.59. The van der Waals surface area contributed by atoms with Crippen LogP contribution >= 0.6 is 0 Å². The molecule has 302 valence electrons. The normalized spacial score (nSPS) is 20.7. The minimum atomic E-state index is -4.53. The topological polar surface area (TPSA) is 169 Å². The summed E-state index contributed by atoms with van der Waals surface area (Å²) in [5, 5.41) is 16.0. The molecule has 3 N–H and O–H groups in total. The molecule has 3 fully saturated rings. The van der Waals surface area contributed by atoms with Crippen molar-refractivity contribution >= 4 is 44.4 Å². The summed E-state index contributed by atoms with van der Waals surface area (Å²) < 4.78 is 41.1. The Kier molecular flexibility index (Phi) is 11.9. The molecule has 2 saturated heterocycles. The number of carbonyl (C=O) groups is 1. The van der Waals surface area contributed by atoms with Gasteiger partial charge in [-0.2, -0.15) is 0 Å². The molecule has 13 nitrogen and oxygen atoms in total. The number of nitrogens with zero attached hydrogens (tertiary/aromatic N) is 3. The zero-order chi connectivity index (χ0) is 40.1. The van der Waals surface area contributed by atoms with Crippen molar-refractivity contribution in [3.63, 3.8) is 0 Å².